The standard InChI is InChI=1S/C17H17N5O/c1-11-19-16-9-4-12(21-18)10-15(16)17(20-11)22(2)13-5-7-14(23-3)8-6-13/h4-10,18H,1-3H3. The van der Waals surface area contributed by atoms with Gasteiger partial charge >= 0.3 is 0 Å². The van der Waals surface area contributed by atoms with Crippen LogP contribution in [-0.2, 0) is 0 Å². The van der Waals surface area contributed by atoms with Crippen LogP contribution in [0.15, 0.2) is 47.6 Å². The Kier molecular flexibility index (Phi) is 3.89. The second-order valence-corrected chi connectivity index (χ2v) is 5.16. The van der Waals surface area contributed by atoms with Gasteiger partial charge in [0.05, 0.1) is 18.3 Å². The van der Waals surface area contributed by atoms with Crippen LogP contribution in [0.4, 0.5) is 17.2 Å². The van der Waals surface area contributed by atoms with Gasteiger partial charge in [-0.05, 0) is 49.4 Å². The molecule has 0 spiro atoms. The molecule has 0 amide bonds. The molecule has 23 heavy (non-hydrogen) atoms. The Labute approximate surface area is 134 Å². The first kappa shape index (κ1) is 14.9. The van der Waals surface area contributed by atoms with Crippen molar-refractivity contribution in [1.82, 2.24) is 9.97 Å². The summed E-state index contributed by atoms with van der Waals surface area (Å²) in [6, 6.07) is 13.2. The molecular formula is C17H17N5O. The third kappa shape index (κ3) is 2.83. The zero-order valence-electron chi connectivity index (χ0n) is 13.2. The highest BCUT2D eigenvalue weighted by atomic mass is 16.5. The van der Waals surface area contributed by atoms with Crippen LogP contribution in [0.1, 0.15) is 5.82 Å². The van der Waals surface area contributed by atoms with Crippen molar-refractivity contribution in [1.29, 1.82) is 5.53 Å². The number of hydrogen-bond acceptors (Lipinski definition) is 6. The van der Waals surface area contributed by atoms with Gasteiger partial charge in [-0.15, -0.1) is 0 Å². The van der Waals surface area contributed by atoms with Crippen LogP contribution in [0, 0.1) is 12.5 Å². The van der Waals surface area contributed by atoms with Crippen LogP contribution >= 0.6 is 0 Å². The predicted octanol–water partition coefficient (Wildman–Crippen LogP) is 4.38. The quantitative estimate of drug-likeness (QED) is 0.726. The first-order valence-electron chi connectivity index (χ1n) is 7.16. The molecule has 0 radical (unpaired) electrons. The molecule has 1 N–H and O–H groups in total. The molecule has 0 aliphatic rings. The molecule has 0 saturated carbocycles. The molecule has 0 aliphatic carbocycles. The zero-order chi connectivity index (χ0) is 16.4. The normalized spacial score (nSPS) is 10.6. The summed E-state index contributed by atoms with van der Waals surface area (Å²) in [6.45, 7) is 1.87. The van der Waals surface area contributed by atoms with E-state index < -0.39 is 0 Å². The maximum absolute atomic E-state index is 7.20. The van der Waals surface area contributed by atoms with Crippen molar-refractivity contribution in [2.24, 2.45) is 5.11 Å². The number of nitrogens with one attached hydrogen (secondary N) is 1. The van der Waals surface area contributed by atoms with E-state index in [-0.39, 0.29) is 0 Å². The average Bonchev–Trinajstić information content (AvgIpc) is 2.60. The number of nitrogens with zero attached hydrogens (tertiary/aromatic N) is 4. The molecule has 116 valence electrons. The Morgan fingerprint density at radius 2 is 1.83 bits per heavy atom. The number of rotatable bonds is 4. The van der Waals surface area contributed by atoms with E-state index in [1.54, 1.807) is 13.2 Å². The highest BCUT2D eigenvalue weighted by Crippen LogP contribution is 2.31. The first-order valence-corrected chi connectivity index (χ1v) is 7.16. The molecule has 0 atom stereocenters. The number of anilines is 2. The molecule has 0 saturated heterocycles. The average molecular weight is 307 g/mol. The van der Waals surface area contributed by atoms with Crippen LogP contribution in [0.2, 0.25) is 0 Å². The van der Waals surface area contributed by atoms with Gasteiger partial charge in [-0.3, -0.25) is 0 Å². The largest absolute Gasteiger partial charge is 0.497 e. The van der Waals surface area contributed by atoms with Crippen molar-refractivity contribution < 1.29 is 4.74 Å². The van der Waals surface area contributed by atoms with Gasteiger partial charge in [0.25, 0.3) is 0 Å². The summed E-state index contributed by atoms with van der Waals surface area (Å²) in [5.74, 6) is 2.28. The van der Waals surface area contributed by atoms with E-state index in [1.165, 1.54) is 0 Å². The lowest BCUT2D eigenvalue weighted by atomic mass is 10.2. The van der Waals surface area contributed by atoms with E-state index in [4.69, 9.17) is 10.3 Å². The van der Waals surface area contributed by atoms with Crippen molar-refractivity contribution in [3.8, 4) is 5.75 Å². The summed E-state index contributed by atoms with van der Waals surface area (Å²) in [4.78, 5) is 11.0. The molecule has 3 aromatic rings. The summed E-state index contributed by atoms with van der Waals surface area (Å²) < 4.78 is 5.20. The Balaban J connectivity index is 2.14. The molecule has 0 fully saturated rings. The van der Waals surface area contributed by atoms with E-state index in [2.05, 4.69) is 15.1 Å². The summed E-state index contributed by atoms with van der Waals surface area (Å²) in [6.07, 6.45) is 0. The minimum absolute atomic E-state index is 0.578. The number of ether oxygens (including phenoxy) is 1. The third-order valence-electron chi connectivity index (χ3n) is 3.68. The molecule has 0 unspecified atom stereocenters. The number of benzene rings is 2. The van der Waals surface area contributed by atoms with Gasteiger partial charge in [-0.1, -0.05) is 0 Å². The minimum atomic E-state index is 0.578. The van der Waals surface area contributed by atoms with Crippen LogP contribution in [0.3, 0.4) is 0 Å². The summed E-state index contributed by atoms with van der Waals surface area (Å²) in [5.41, 5.74) is 9.60. The lowest BCUT2D eigenvalue weighted by Gasteiger charge is -2.20. The van der Waals surface area contributed by atoms with Gasteiger partial charge in [-0.2, -0.15) is 5.11 Å². The van der Waals surface area contributed by atoms with Gasteiger partial charge in [0.2, 0.25) is 0 Å². The summed E-state index contributed by atoms with van der Waals surface area (Å²) >= 11 is 0. The SMILES string of the molecule is COc1ccc(N(C)c2nc(C)nc3ccc(N=N)cc23)cc1. The molecule has 0 bridgehead atoms. The maximum atomic E-state index is 7.20. The number of hydrogen-bond donors (Lipinski definition) is 1. The number of fused-ring (bicyclic) bond motifs is 1. The smallest absolute Gasteiger partial charge is 0.144 e. The van der Waals surface area contributed by atoms with Gasteiger partial charge in [-0.25, -0.2) is 15.5 Å². The fourth-order valence-corrected chi connectivity index (χ4v) is 2.47. The van der Waals surface area contributed by atoms with E-state index >= 15 is 0 Å². The zero-order valence-corrected chi connectivity index (χ0v) is 13.2. The van der Waals surface area contributed by atoms with Crippen molar-refractivity contribution in [2.45, 2.75) is 6.92 Å². The van der Waals surface area contributed by atoms with E-state index in [0.29, 0.717) is 11.5 Å². The fraction of sp³-hybridized carbons (Fsp3) is 0.176. The minimum Gasteiger partial charge on any atom is -0.497 e. The molecular weight excluding hydrogens is 290 g/mol. The lowest BCUT2D eigenvalue weighted by Crippen LogP contribution is -2.12. The molecule has 6 heteroatoms. The summed E-state index contributed by atoms with van der Waals surface area (Å²) in [7, 11) is 3.60. The van der Waals surface area contributed by atoms with Crippen LogP contribution in [0.5, 0.6) is 5.75 Å². The number of aryl methyl sites for hydroxylation is 1. The number of methoxy groups -OCH3 is 1. The predicted molar refractivity (Wildman–Crippen MR) is 90.1 cm³/mol. The van der Waals surface area contributed by atoms with Crippen molar-refractivity contribution >= 4 is 28.1 Å². The van der Waals surface area contributed by atoms with Gasteiger partial charge in [0.1, 0.15) is 17.4 Å². The molecule has 2 aromatic carbocycles. The fourth-order valence-electron chi connectivity index (χ4n) is 2.47. The topological polar surface area (TPSA) is 74.5 Å². The van der Waals surface area contributed by atoms with E-state index in [1.807, 2.05) is 55.3 Å². The van der Waals surface area contributed by atoms with Crippen molar-refractivity contribution in [3.05, 3.63) is 48.3 Å². The molecule has 0 aliphatic heterocycles. The third-order valence-corrected chi connectivity index (χ3v) is 3.68. The van der Waals surface area contributed by atoms with Gasteiger partial charge < -0.3 is 9.64 Å². The lowest BCUT2D eigenvalue weighted by molar-refractivity contribution is 0.415. The van der Waals surface area contributed by atoms with Crippen molar-refractivity contribution in [2.75, 3.05) is 19.1 Å². The van der Waals surface area contributed by atoms with Gasteiger partial charge in [0.15, 0.2) is 0 Å². The Morgan fingerprint density at radius 1 is 1.09 bits per heavy atom. The molecule has 3 rings (SSSR count). The van der Waals surface area contributed by atoms with Gasteiger partial charge in [0, 0.05) is 18.1 Å². The van der Waals surface area contributed by atoms with E-state index in [9.17, 15) is 0 Å². The number of aromatic nitrogens is 2. The van der Waals surface area contributed by atoms with Crippen molar-refractivity contribution in [3.63, 3.8) is 0 Å². The highest BCUT2D eigenvalue weighted by Gasteiger charge is 2.13. The first-order chi connectivity index (χ1) is 11.1. The molecule has 1 heterocycles. The second-order valence-electron chi connectivity index (χ2n) is 5.16. The maximum Gasteiger partial charge on any atom is 0.144 e. The van der Waals surface area contributed by atoms with Crippen LogP contribution in [-0.4, -0.2) is 24.1 Å². The second kappa shape index (κ2) is 6.00. The van der Waals surface area contributed by atoms with Crippen LogP contribution in [0.25, 0.3) is 10.9 Å². The highest BCUT2D eigenvalue weighted by molar-refractivity contribution is 5.93. The van der Waals surface area contributed by atoms with Crippen LogP contribution < -0.4 is 9.64 Å². The van der Waals surface area contributed by atoms with E-state index in [0.717, 1.165) is 28.2 Å². The molecule has 6 nitrogen and oxygen atoms in total. The summed E-state index contributed by atoms with van der Waals surface area (Å²) in [5, 5.41) is 4.36. The molecule has 1 aromatic heterocycles. The Morgan fingerprint density at radius 3 is 2.48 bits per heavy atom. The Bertz CT molecular complexity index is 861. The Hall–Kier alpha value is -3.02. The monoisotopic (exact) mass is 307 g/mol.